The molecule has 34 heavy (non-hydrogen) atoms. The van der Waals surface area contributed by atoms with E-state index < -0.39 is 58.0 Å². The average Bonchev–Trinajstić information content (AvgIpc) is 2.75. The number of nitrogens with two attached hydrogens (primary N) is 1. The fraction of sp³-hybridized carbons (Fsp3) is 0.478. The molecule has 0 unspecified atom stereocenters. The van der Waals surface area contributed by atoms with Crippen LogP contribution in [0.4, 0.5) is 5.82 Å². The van der Waals surface area contributed by atoms with Gasteiger partial charge in [-0.1, -0.05) is 6.92 Å². The molecule has 1 saturated carbocycles. The van der Waals surface area contributed by atoms with E-state index in [4.69, 9.17) is 5.73 Å². The maximum atomic E-state index is 13.8. The minimum absolute atomic E-state index is 0.0213. The Morgan fingerprint density at radius 1 is 1.24 bits per heavy atom. The topological polar surface area (TPSA) is 178 Å². The second-order valence-electron chi connectivity index (χ2n) is 9.29. The molecule has 4 atom stereocenters. The summed E-state index contributed by atoms with van der Waals surface area (Å²) in [6.45, 7) is 2.12. The summed E-state index contributed by atoms with van der Waals surface area (Å²) in [5.41, 5.74) is 2.24. The number of primary amides is 1. The van der Waals surface area contributed by atoms with E-state index in [1.54, 1.807) is 37.9 Å². The summed E-state index contributed by atoms with van der Waals surface area (Å²) < 4.78 is 0. The van der Waals surface area contributed by atoms with Gasteiger partial charge in [-0.15, -0.1) is 0 Å². The highest BCUT2D eigenvalue weighted by Crippen LogP contribution is 2.53. The summed E-state index contributed by atoms with van der Waals surface area (Å²) in [6.07, 6.45) is 1.40. The number of likely N-dealkylation sites (N-methyl/N-ethyl adjacent to an activating group) is 1. The van der Waals surface area contributed by atoms with Crippen molar-refractivity contribution in [2.45, 2.75) is 31.4 Å². The Morgan fingerprint density at radius 3 is 2.44 bits per heavy atom. The summed E-state index contributed by atoms with van der Waals surface area (Å²) in [6, 6.07) is -1.10. The molecule has 0 radical (unpaired) electrons. The number of aromatic hydroxyl groups is 1. The van der Waals surface area contributed by atoms with Crippen molar-refractivity contribution in [1.82, 2.24) is 9.88 Å². The number of rotatable bonds is 4. The largest absolute Gasteiger partial charge is 0.508 e. The van der Waals surface area contributed by atoms with E-state index in [0.717, 1.165) is 6.20 Å². The van der Waals surface area contributed by atoms with Crippen molar-refractivity contribution >= 4 is 29.1 Å². The van der Waals surface area contributed by atoms with Gasteiger partial charge in [0, 0.05) is 31.1 Å². The zero-order valence-corrected chi connectivity index (χ0v) is 19.4. The lowest BCUT2D eigenvalue weighted by atomic mass is 9.57. The molecule has 3 aliphatic rings. The molecule has 1 aromatic heterocycles. The number of pyridine rings is 1. The summed E-state index contributed by atoms with van der Waals surface area (Å²) in [7, 11) is 5.11. The van der Waals surface area contributed by atoms with Gasteiger partial charge in [0.15, 0.2) is 11.4 Å². The van der Waals surface area contributed by atoms with Crippen LogP contribution in [0, 0.1) is 11.8 Å². The van der Waals surface area contributed by atoms with Crippen molar-refractivity contribution in [3.8, 4) is 5.75 Å². The van der Waals surface area contributed by atoms with Crippen molar-refractivity contribution in [2.75, 3.05) is 32.6 Å². The molecule has 1 aromatic rings. The van der Waals surface area contributed by atoms with Crippen LogP contribution in [0.5, 0.6) is 5.75 Å². The molecule has 11 heteroatoms. The second-order valence-corrected chi connectivity index (χ2v) is 9.29. The van der Waals surface area contributed by atoms with Gasteiger partial charge in [-0.05, 0) is 32.4 Å². The van der Waals surface area contributed by atoms with E-state index in [1.165, 1.54) is 0 Å². The highest BCUT2D eigenvalue weighted by molar-refractivity contribution is 6.24. The maximum absolute atomic E-state index is 13.8. The number of ketones is 2. The Bertz CT molecular complexity index is 1190. The van der Waals surface area contributed by atoms with E-state index in [0.29, 0.717) is 17.9 Å². The van der Waals surface area contributed by atoms with Gasteiger partial charge in [0.05, 0.1) is 17.8 Å². The van der Waals surface area contributed by atoms with Crippen molar-refractivity contribution in [2.24, 2.45) is 17.6 Å². The molecule has 6 N–H and O–H groups in total. The molecule has 0 aliphatic heterocycles. The lowest BCUT2D eigenvalue weighted by molar-refractivity contribution is -0.154. The molecular weight excluding hydrogens is 444 g/mol. The molecule has 11 nitrogen and oxygen atoms in total. The number of aliphatic hydroxyl groups excluding tert-OH is 2. The van der Waals surface area contributed by atoms with E-state index in [-0.39, 0.29) is 29.7 Å². The Morgan fingerprint density at radius 2 is 1.88 bits per heavy atom. The van der Waals surface area contributed by atoms with Crippen LogP contribution in [0.2, 0.25) is 0 Å². The first-order chi connectivity index (χ1) is 15.9. The third-order valence-electron chi connectivity index (χ3n) is 7.29. The third kappa shape index (κ3) is 2.96. The normalized spacial score (nSPS) is 28.6. The first kappa shape index (κ1) is 23.7. The van der Waals surface area contributed by atoms with E-state index in [2.05, 4.69) is 4.98 Å². The molecule has 0 spiro atoms. The van der Waals surface area contributed by atoms with Gasteiger partial charge in [-0.25, -0.2) is 4.98 Å². The zero-order chi connectivity index (χ0) is 25.3. The molecule has 4 rings (SSSR count). The van der Waals surface area contributed by atoms with Crippen LogP contribution in [0.25, 0.3) is 5.76 Å². The predicted octanol–water partition coefficient (Wildman–Crippen LogP) is -0.185. The number of hydrogen-bond donors (Lipinski definition) is 5. The lowest BCUT2D eigenvalue weighted by Gasteiger charge is -2.50. The fourth-order valence-corrected chi connectivity index (χ4v) is 5.62. The number of carbonyl (C=O) groups excluding carboxylic acids is 3. The van der Waals surface area contributed by atoms with Crippen LogP contribution < -0.4 is 10.6 Å². The fourth-order valence-electron chi connectivity index (χ4n) is 5.62. The Hall–Kier alpha value is -3.44. The third-order valence-corrected chi connectivity index (χ3v) is 7.29. The van der Waals surface area contributed by atoms with Crippen LogP contribution in [0.3, 0.4) is 0 Å². The first-order valence-electron chi connectivity index (χ1n) is 10.9. The minimum Gasteiger partial charge on any atom is -0.508 e. The summed E-state index contributed by atoms with van der Waals surface area (Å²) in [4.78, 5) is 46.5. The highest BCUT2D eigenvalue weighted by Gasteiger charge is 2.64. The Balaban J connectivity index is 1.99. The first-order valence-corrected chi connectivity index (χ1v) is 10.9. The maximum Gasteiger partial charge on any atom is 0.255 e. The number of hydrogen-bond acceptors (Lipinski definition) is 10. The number of fused-ring (bicyclic) bond motifs is 3. The van der Waals surface area contributed by atoms with Gasteiger partial charge >= 0.3 is 0 Å². The smallest absolute Gasteiger partial charge is 0.255 e. The van der Waals surface area contributed by atoms with Crippen molar-refractivity contribution in [3.05, 3.63) is 34.2 Å². The molecule has 1 amide bonds. The van der Waals surface area contributed by atoms with Gasteiger partial charge in [0.25, 0.3) is 5.91 Å². The number of Topliss-reactive ketones (excluding diaryl/α,β-unsaturated/α-hetero) is 2. The summed E-state index contributed by atoms with van der Waals surface area (Å²) in [5.74, 6) is -6.26. The average molecular weight is 472 g/mol. The lowest BCUT2D eigenvalue weighted by Crippen LogP contribution is -2.66. The van der Waals surface area contributed by atoms with Crippen molar-refractivity contribution in [3.63, 3.8) is 0 Å². The van der Waals surface area contributed by atoms with Gasteiger partial charge in [-0.3, -0.25) is 19.3 Å². The van der Waals surface area contributed by atoms with E-state index >= 15 is 0 Å². The molecule has 0 aromatic carbocycles. The highest BCUT2D eigenvalue weighted by atomic mass is 16.3. The number of carbonyl (C=O) groups is 3. The van der Waals surface area contributed by atoms with Gasteiger partial charge in [0.1, 0.15) is 28.7 Å². The number of anilines is 1. The van der Waals surface area contributed by atoms with Crippen LogP contribution in [0.15, 0.2) is 23.1 Å². The standard InChI is InChI=1S/C23H28N4O7/c1-5-27(4)16-11-7-9-6-10-14(12(28)8-25-22(10)26(2)3)17(29)13(9)19(31)23(11,34)20(32)15(18(16)30)21(24)33/h8-9,11,16,28-29,32,34H,5-7H2,1-4H3,(H2,24,33)/t9-,11-,16-,23-/m0/s1. The van der Waals surface area contributed by atoms with Gasteiger partial charge in [0.2, 0.25) is 5.78 Å². The van der Waals surface area contributed by atoms with Crippen LogP contribution in [-0.2, 0) is 20.8 Å². The molecule has 1 fully saturated rings. The number of nitrogens with zero attached hydrogens (tertiary/aromatic N) is 3. The number of amides is 1. The minimum atomic E-state index is -2.64. The van der Waals surface area contributed by atoms with Crippen molar-refractivity contribution < 1.29 is 34.8 Å². The van der Waals surface area contributed by atoms with Gasteiger partial charge in [-0.2, -0.15) is 0 Å². The summed E-state index contributed by atoms with van der Waals surface area (Å²) >= 11 is 0. The Kier molecular flexibility index (Phi) is 5.45. The monoisotopic (exact) mass is 472 g/mol. The molecule has 0 bridgehead atoms. The molecule has 1 heterocycles. The molecule has 182 valence electrons. The molecular formula is C23H28N4O7. The Labute approximate surface area is 195 Å². The van der Waals surface area contributed by atoms with E-state index in [9.17, 15) is 34.8 Å². The van der Waals surface area contributed by atoms with E-state index in [1.807, 2.05) is 0 Å². The zero-order valence-electron chi connectivity index (χ0n) is 19.4. The van der Waals surface area contributed by atoms with Crippen LogP contribution in [-0.4, -0.2) is 87.1 Å². The second kappa shape index (κ2) is 7.81. The SMILES string of the molecule is CCN(C)[C@@H]1C(=O)C(C(N)=O)=C(O)[C@@]2(O)C(=O)C3=C(O)c4c(O)cnc(N(C)C)c4C[C@H]3C[C@@H]12. The summed E-state index contributed by atoms with van der Waals surface area (Å²) in [5, 5.41) is 44.0. The number of aromatic nitrogens is 1. The molecule has 3 aliphatic carbocycles. The number of aliphatic hydroxyl groups is 3. The molecule has 0 saturated heterocycles. The van der Waals surface area contributed by atoms with Crippen molar-refractivity contribution in [1.29, 1.82) is 0 Å². The van der Waals surface area contributed by atoms with Crippen LogP contribution in [0.1, 0.15) is 24.5 Å². The predicted molar refractivity (Wildman–Crippen MR) is 121 cm³/mol. The van der Waals surface area contributed by atoms with Gasteiger partial charge < -0.3 is 31.1 Å². The quantitative estimate of drug-likeness (QED) is 0.369. The van der Waals surface area contributed by atoms with Crippen LogP contribution >= 0.6 is 0 Å².